The molecule has 1 aliphatic rings. The van der Waals surface area contributed by atoms with Gasteiger partial charge in [-0.3, -0.25) is 4.79 Å². The van der Waals surface area contributed by atoms with Crippen LogP contribution in [0.15, 0.2) is 24.4 Å². The lowest BCUT2D eigenvalue weighted by Crippen LogP contribution is -2.35. The molecule has 1 amide bonds. The molecule has 0 aromatic carbocycles. The molecule has 0 saturated carbocycles. The molecule has 1 N–H and O–H groups in total. The van der Waals surface area contributed by atoms with Crippen LogP contribution < -0.4 is 5.32 Å². The fourth-order valence-corrected chi connectivity index (χ4v) is 1.08. The molecule has 2 unspecified atom stereocenters. The number of amides is 1. The first-order valence-electron chi connectivity index (χ1n) is 3.80. The molecule has 60 valence electrons. The summed E-state index contributed by atoms with van der Waals surface area (Å²) in [6.07, 6.45) is 3.69. The molecule has 1 heterocycles. The van der Waals surface area contributed by atoms with Crippen molar-refractivity contribution in [1.29, 1.82) is 0 Å². The van der Waals surface area contributed by atoms with Crippen LogP contribution in [-0.2, 0) is 4.79 Å². The van der Waals surface area contributed by atoms with E-state index in [-0.39, 0.29) is 11.8 Å². The summed E-state index contributed by atoms with van der Waals surface area (Å²) in [5.74, 6) is 0.491. The van der Waals surface area contributed by atoms with Gasteiger partial charge in [-0.15, -0.1) is 0 Å². The zero-order chi connectivity index (χ0) is 8.43. The first-order chi connectivity index (χ1) is 5.15. The van der Waals surface area contributed by atoms with Crippen molar-refractivity contribution in [1.82, 2.24) is 5.32 Å². The van der Waals surface area contributed by atoms with Gasteiger partial charge in [-0.05, 0) is 12.0 Å². The van der Waals surface area contributed by atoms with E-state index in [1.54, 1.807) is 6.08 Å². The van der Waals surface area contributed by atoms with Crippen LogP contribution in [0.3, 0.4) is 0 Å². The summed E-state index contributed by atoms with van der Waals surface area (Å²) in [6, 6.07) is 0. The summed E-state index contributed by atoms with van der Waals surface area (Å²) in [6.45, 7) is 7.56. The average Bonchev–Trinajstić information content (AvgIpc) is 1.99. The number of rotatable bonds is 1. The standard InChI is InChI=1S/C9H13NO/c1-4-8-5-6(2)7(3)9(11)10-8/h4-7H,1H2,2-3H3,(H,10,11). The van der Waals surface area contributed by atoms with E-state index in [1.807, 2.05) is 19.9 Å². The highest BCUT2D eigenvalue weighted by atomic mass is 16.1. The van der Waals surface area contributed by atoms with Gasteiger partial charge in [0.05, 0.1) is 0 Å². The third-order valence-corrected chi connectivity index (χ3v) is 2.13. The van der Waals surface area contributed by atoms with Gasteiger partial charge in [0.15, 0.2) is 0 Å². The Morgan fingerprint density at radius 3 is 2.73 bits per heavy atom. The highest BCUT2D eigenvalue weighted by Gasteiger charge is 2.23. The van der Waals surface area contributed by atoms with Gasteiger partial charge in [-0.25, -0.2) is 0 Å². The zero-order valence-corrected chi connectivity index (χ0v) is 6.92. The van der Waals surface area contributed by atoms with E-state index in [9.17, 15) is 4.79 Å². The average molecular weight is 151 g/mol. The van der Waals surface area contributed by atoms with Crippen molar-refractivity contribution in [2.24, 2.45) is 11.8 Å². The summed E-state index contributed by atoms with van der Waals surface area (Å²) < 4.78 is 0. The highest BCUT2D eigenvalue weighted by molar-refractivity contribution is 5.82. The summed E-state index contributed by atoms with van der Waals surface area (Å²) >= 11 is 0. The summed E-state index contributed by atoms with van der Waals surface area (Å²) in [5.41, 5.74) is 0.834. The summed E-state index contributed by atoms with van der Waals surface area (Å²) in [5, 5.41) is 2.75. The predicted octanol–water partition coefficient (Wildman–Crippen LogP) is 1.46. The number of carbonyl (C=O) groups is 1. The van der Waals surface area contributed by atoms with Gasteiger partial charge in [0.2, 0.25) is 5.91 Å². The van der Waals surface area contributed by atoms with Gasteiger partial charge in [0.25, 0.3) is 0 Å². The third-order valence-electron chi connectivity index (χ3n) is 2.13. The minimum absolute atomic E-state index is 0.0821. The molecule has 0 fully saturated rings. The second-order valence-electron chi connectivity index (χ2n) is 2.96. The van der Waals surface area contributed by atoms with E-state index in [1.165, 1.54) is 0 Å². The maximum absolute atomic E-state index is 11.2. The van der Waals surface area contributed by atoms with Crippen LogP contribution in [0.5, 0.6) is 0 Å². The van der Waals surface area contributed by atoms with Crippen LogP contribution in [0, 0.1) is 11.8 Å². The number of nitrogens with one attached hydrogen (secondary N) is 1. The van der Waals surface area contributed by atoms with Crippen molar-refractivity contribution in [3.8, 4) is 0 Å². The monoisotopic (exact) mass is 151 g/mol. The number of hydrogen-bond acceptors (Lipinski definition) is 1. The smallest absolute Gasteiger partial charge is 0.227 e. The van der Waals surface area contributed by atoms with E-state index in [4.69, 9.17) is 0 Å². The van der Waals surface area contributed by atoms with Crippen molar-refractivity contribution < 1.29 is 4.79 Å². The Balaban J connectivity index is 2.84. The highest BCUT2D eigenvalue weighted by Crippen LogP contribution is 2.18. The maximum Gasteiger partial charge on any atom is 0.227 e. The maximum atomic E-state index is 11.2. The van der Waals surface area contributed by atoms with Gasteiger partial charge in [0, 0.05) is 11.6 Å². The lowest BCUT2D eigenvalue weighted by atomic mass is 9.91. The first kappa shape index (κ1) is 8.05. The topological polar surface area (TPSA) is 29.1 Å². The van der Waals surface area contributed by atoms with Crippen LogP contribution in [0.4, 0.5) is 0 Å². The van der Waals surface area contributed by atoms with Crippen molar-refractivity contribution >= 4 is 5.91 Å². The number of carbonyl (C=O) groups excluding carboxylic acids is 1. The molecule has 1 rings (SSSR count). The Morgan fingerprint density at radius 1 is 1.64 bits per heavy atom. The molecule has 11 heavy (non-hydrogen) atoms. The minimum Gasteiger partial charge on any atom is -0.326 e. The molecule has 2 nitrogen and oxygen atoms in total. The van der Waals surface area contributed by atoms with Crippen molar-refractivity contribution in [2.75, 3.05) is 0 Å². The van der Waals surface area contributed by atoms with Crippen LogP contribution >= 0.6 is 0 Å². The second kappa shape index (κ2) is 2.91. The van der Waals surface area contributed by atoms with Gasteiger partial charge >= 0.3 is 0 Å². The third kappa shape index (κ3) is 1.50. The van der Waals surface area contributed by atoms with E-state index < -0.39 is 0 Å². The quantitative estimate of drug-likeness (QED) is 0.604. The molecular formula is C9H13NO. The van der Waals surface area contributed by atoms with Crippen LogP contribution in [-0.4, -0.2) is 5.91 Å². The zero-order valence-electron chi connectivity index (χ0n) is 6.92. The van der Waals surface area contributed by atoms with E-state index in [0.717, 1.165) is 5.70 Å². The summed E-state index contributed by atoms with van der Waals surface area (Å²) in [4.78, 5) is 11.2. The molecule has 0 radical (unpaired) electrons. The lowest BCUT2D eigenvalue weighted by Gasteiger charge is -2.22. The van der Waals surface area contributed by atoms with E-state index in [0.29, 0.717) is 5.92 Å². The molecule has 0 bridgehead atoms. The fraction of sp³-hybridized carbons (Fsp3) is 0.444. The van der Waals surface area contributed by atoms with Crippen LogP contribution in [0.25, 0.3) is 0 Å². The Kier molecular flexibility index (Phi) is 2.13. The molecule has 0 aliphatic carbocycles. The molecule has 0 saturated heterocycles. The van der Waals surface area contributed by atoms with Crippen LogP contribution in [0.2, 0.25) is 0 Å². The normalized spacial score (nSPS) is 30.7. The van der Waals surface area contributed by atoms with Crippen molar-refractivity contribution in [3.63, 3.8) is 0 Å². The van der Waals surface area contributed by atoms with Crippen molar-refractivity contribution in [3.05, 3.63) is 24.4 Å². The molecule has 1 aliphatic heterocycles. The van der Waals surface area contributed by atoms with Gasteiger partial charge in [-0.2, -0.15) is 0 Å². The molecule has 0 spiro atoms. The molecule has 2 atom stereocenters. The molecule has 0 aromatic heterocycles. The second-order valence-corrected chi connectivity index (χ2v) is 2.96. The summed E-state index contributed by atoms with van der Waals surface area (Å²) in [7, 11) is 0. The van der Waals surface area contributed by atoms with E-state index in [2.05, 4.69) is 11.9 Å². The largest absolute Gasteiger partial charge is 0.326 e. The SMILES string of the molecule is C=CC1=CC(C)C(C)C(=O)N1. The van der Waals surface area contributed by atoms with Gasteiger partial charge < -0.3 is 5.32 Å². The first-order valence-corrected chi connectivity index (χ1v) is 3.80. The van der Waals surface area contributed by atoms with Crippen molar-refractivity contribution in [2.45, 2.75) is 13.8 Å². The van der Waals surface area contributed by atoms with Crippen LogP contribution in [0.1, 0.15) is 13.8 Å². The molecular weight excluding hydrogens is 138 g/mol. The minimum atomic E-state index is 0.0821. The lowest BCUT2D eigenvalue weighted by molar-refractivity contribution is -0.125. The predicted molar refractivity (Wildman–Crippen MR) is 44.8 cm³/mol. The Hall–Kier alpha value is -1.05. The number of hydrogen-bond donors (Lipinski definition) is 1. The van der Waals surface area contributed by atoms with Gasteiger partial charge in [0.1, 0.15) is 0 Å². The molecule has 0 aromatic rings. The van der Waals surface area contributed by atoms with Gasteiger partial charge in [-0.1, -0.05) is 26.5 Å². The Labute approximate surface area is 67.0 Å². The van der Waals surface area contributed by atoms with E-state index >= 15 is 0 Å². The Morgan fingerprint density at radius 2 is 2.27 bits per heavy atom. The molecule has 2 heteroatoms. The fourth-order valence-electron chi connectivity index (χ4n) is 1.08. The number of allylic oxidation sites excluding steroid dienone is 2. The Bertz CT molecular complexity index is 218.